The number of carbonyl (C=O) groups is 2. The zero-order chi connectivity index (χ0) is 26.1. The van der Waals surface area contributed by atoms with Gasteiger partial charge in [0.1, 0.15) is 17.0 Å². The summed E-state index contributed by atoms with van der Waals surface area (Å²) in [6.45, 7) is 0. The van der Waals surface area contributed by atoms with Crippen LogP contribution in [0.15, 0.2) is 60.9 Å². The van der Waals surface area contributed by atoms with E-state index >= 15 is 0 Å². The lowest BCUT2D eigenvalue weighted by Crippen LogP contribution is -2.45. The molecule has 0 spiro atoms. The highest BCUT2D eigenvalue weighted by molar-refractivity contribution is 6.31. The van der Waals surface area contributed by atoms with Crippen molar-refractivity contribution < 1.29 is 19.8 Å². The number of carbonyl (C=O) groups excluding carboxylic acids is 1. The molecule has 1 fully saturated rings. The summed E-state index contributed by atoms with van der Waals surface area (Å²) in [5.74, 6) is 4.61. The molecule has 0 saturated heterocycles. The van der Waals surface area contributed by atoms with Crippen molar-refractivity contribution in [1.29, 1.82) is 0 Å². The molecule has 1 aliphatic carbocycles. The normalized spacial score (nSPS) is 18.6. The lowest BCUT2D eigenvalue weighted by Gasteiger charge is -2.33. The third-order valence-corrected chi connectivity index (χ3v) is 5.92. The van der Waals surface area contributed by atoms with Crippen LogP contribution < -0.4 is 5.32 Å². The van der Waals surface area contributed by atoms with Crippen LogP contribution in [-0.4, -0.2) is 43.7 Å². The minimum absolute atomic E-state index is 0.00407. The van der Waals surface area contributed by atoms with Gasteiger partial charge in [0.05, 0.1) is 10.0 Å². The molecule has 3 aromatic rings. The molecule has 1 aromatic carbocycles. The van der Waals surface area contributed by atoms with Gasteiger partial charge in [-0.1, -0.05) is 52.7 Å². The van der Waals surface area contributed by atoms with E-state index in [1.165, 1.54) is 24.5 Å². The number of aliphatic hydroxyl groups is 1. The number of pyridine rings is 2. The highest BCUT2D eigenvalue weighted by Gasteiger charge is 2.33. The van der Waals surface area contributed by atoms with Gasteiger partial charge in [-0.25, -0.2) is 14.8 Å². The fraction of sp³-hybridized carbons (Fsp3) is 0.231. The Labute approximate surface area is 223 Å². The summed E-state index contributed by atoms with van der Waals surface area (Å²) in [5.41, 5.74) is -0.0771. The van der Waals surface area contributed by atoms with Gasteiger partial charge in [-0.15, -0.1) is 0 Å². The number of hydrogen-bond donors (Lipinski definition) is 3. The molecule has 7 nitrogen and oxygen atoms in total. The fourth-order valence-corrected chi connectivity index (χ4v) is 3.93. The van der Waals surface area contributed by atoms with Crippen molar-refractivity contribution in [3.63, 3.8) is 0 Å². The standard InChI is InChI=1S/C20H18Cl2N2O2.C6H4ClNO2/c21-15-4-1-3-14(11-15)8-10-20(26)9-2-5-17(12-20)24-19(25)18-7-6-16(22)13-23-18;7-4-1-2-5(6(9)10)8-3-4/h1,3-4,6-7,11,13,17,26H,2,5,9,12H2,(H,24,25);1-3H,(H,9,10)/t17-,20+;/m1./s1. The van der Waals surface area contributed by atoms with Crippen molar-refractivity contribution in [3.05, 3.63) is 92.9 Å². The topological polar surface area (TPSA) is 112 Å². The molecule has 0 aliphatic heterocycles. The molecule has 10 heteroatoms. The van der Waals surface area contributed by atoms with Crippen LogP contribution >= 0.6 is 34.8 Å². The van der Waals surface area contributed by atoms with Gasteiger partial charge in [-0.3, -0.25) is 4.79 Å². The van der Waals surface area contributed by atoms with Crippen LogP contribution in [0.4, 0.5) is 0 Å². The monoisotopic (exact) mass is 545 g/mol. The average Bonchev–Trinajstić information content (AvgIpc) is 2.84. The zero-order valence-corrected chi connectivity index (χ0v) is 21.2. The average molecular weight is 547 g/mol. The number of amides is 1. The van der Waals surface area contributed by atoms with Crippen LogP contribution in [0.25, 0.3) is 0 Å². The SMILES string of the molecule is O=C(N[C@@H]1CCC[C@](O)(C#Cc2cccc(Cl)c2)C1)c1ccc(Cl)cn1.O=C(O)c1ccc(Cl)cn1. The Balaban J connectivity index is 0.000000303. The second-order valence-electron chi connectivity index (χ2n) is 8.09. The highest BCUT2D eigenvalue weighted by Crippen LogP contribution is 2.28. The van der Waals surface area contributed by atoms with Gasteiger partial charge in [0.2, 0.25) is 0 Å². The third-order valence-electron chi connectivity index (χ3n) is 5.23. The number of aromatic carboxylic acids is 1. The first-order valence-electron chi connectivity index (χ1n) is 10.9. The van der Waals surface area contributed by atoms with Crippen LogP contribution in [-0.2, 0) is 0 Å². The molecule has 36 heavy (non-hydrogen) atoms. The predicted molar refractivity (Wildman–Crippen MR) is 138 cm³/mol. The van der Waals surface area contributed by atoms with E-state index in [0.717, 1.165) is 18.4 Å². The van der Waals surface area contributed by atoms with E-state index in [1.807, 2.05) is 12.1 Å². The molecule has 1 aliphatic rings. The van der Waals surface area contributed by atoms with Crippen molar-refractivity contribution in [2.75, 3.05) is 0 Å². The maximum Gasteiger partial charge on any atom is 0.354 e. The number of hydrogen-bond acceptors (Lipinski definition) is 5. The smallest absolute Gasteiger partial charge is 0.354 e. The fourth-order valence-electron chi connectivity index (χ4n) is 3.52. The molecular formula is C26H22Cl3N3O4. The first kappa shape index (κ1) is 27.4. The van der Waals surface area contributed by atoms with E-state index in [-0.39, 0.29) is 17.6 Å². The van der Waals surface area contributed by atoms with Crippen molar-refractivity contribution in [3.8, 4) is 11.8 Å². The highest BCUT2D eigenvalue weighted by atomic mass is 35.5. The molecule has 186 valence electrons. The van der Waals surface area contributed by atoms with E-state index in [9.17, 15) is 14.7 Å². The van der Waals surface area contributed by atoms with Crippen LogP contribution in [0.5, 0.6) is 0 Å². The number of aromatic nitrogens is 2. The van der Waals surface area contributed by atoms with Crippen LogP contribution in [0.1, 0.15) is 52.2 Å². The molecule has 0 bridgehead atoms. The molecule has 1 amide bonds. The van der Waals surface area contributed by atoms with Crippen molar-refractivity contribution in [1.82, 2.24) is 15.3 Å². The third kappa shape index (κ3) is 8.51. The van der Waals surface area contributed by atoms with Gasteiger partial charge in [0.15, 0.2) is 0 Å². The van der Waals surface area contributed by atoms with Crippen molar-refractivity contribution >= 4 is 46.7 Å². The zero-order valence-electron chi connectivity index (χ0n) is 18.9. The summed E-state index contributed by atoms with van der Waals surface area (Å²) in [5, 5.41) is 23.6. The van der Waals surface area contributed by atoms with Gasteiger partial charge in [0.25, 0.3) is 5.91 Å². The van der Waals surface area contributed by atoms with Crippen molar-refractivity contribution in [2.45, 2.75) is 37.3 Å². The minimum Gasteiger partial charge on any atom is -0.477 e. The summed E-state index contributed by atoms with van der Waals surface area (Å²) in [6, 6.07) is 13.1. The number of carboxylic acid groups (broad SMARTS) is 1. The molecule has 2 atom stereocenters. The number of rotatable bonds is 3. The van der Waals surface area contributed by atoms with Crippen molar-refractivity contribution in [2.24, 2.45) is 0 Å². The summed E-state index contributed by atoms with van der Waals surface area (Å²) < 4.78 is 0. The Morgan fingerprint density at radius 2 is 1.64 bits per heavy atom. The Morgan fingerprint density at radius 1 is 0.972 bits per heavy atom. The molecule has 0 radical (unpaired) electrons. The maximum absolute atomic E-state index is 12.3. The number of nitrogens with zero attached hydrogens (tertiary/aromatic N) is 2. The molecular weight excluding hydrogens is 525 g/mol. The van der Waals surface area contributed by atoms with E-state index in [2.05, 4.69) is 27.1 Å². The number of benzene rings is 1. The van der Waals surface area contributed by atoms with Crippen LogP contribution in [0.3, 0.4) is 0 Å². The van der Waals surface area contributed by atoms with Gasteiger partial charge >= 0.3 is 5.97 Å². The lowest BCUT2D eigenvalue weighted by atomic mass is 9.82. The minimum atomic E-state index is -1.13. The van der Waals surface area contributed by atoms with Gasteiger partial charge in [0, 0.05) is 35.4 Å². The van der Waals surface area contributed by atoms with E-state index in [1.54, 1.807) is 24.3 Å². The second kappa shape index (κ2) is 12.7. The van der Waals surface area contributed by atoms with E-state index in [0.29, 0.717) is 33.6 Å². The van der Waals surface area contributed by atoms with Gasteiger partial charge in [-0.2, -0.15) is 0 Å². The Morgan fingerprint density at radius 3 is 2.22 bits per heavy atom. The predicted octanol–water partition coefficient (Wildman–Crippen LogP) is 5.28. The van der Waals surface area contributed by atoms with Crippen LogP contribution in [0, 0.1) is 11.8 Å². The first-order chi connectivity index (χ1) is 17.1. The quantitative estimate of drug-likeness (QED) is 0.386. The summed E-state index contributed by atoms with van der Waals surface area (Å²) in [7, 11) is 0. The largest absolute Gasteiger partial charge is 0.477 e. The molecule has 2 heterocycles. The maximum atomic E-state index is 12.3. The number of carboxylic acids is 1. The molecule has 2 aromatic heterocycles. The van der Waals surface area contributed by atoms with Gasteiger partial charge in [-0.05, 0) is 61.7 Å². The molecule has 3 N–H and O–H groups in total. The number of halogens is 3. The Kier molecular flexibility index (Phi) is 9.68. The first-order valence-corrected chi connectivity index (χ1v) is 12.1. The second-order valence-corrected chi connectivity index (χ2v) is 9.40. The summed E-state index contributed by atoms with van der Waals surface area (Å²) in [6.07, 6.45) is 5.25. The summed E-state index contributed by atoms with van der Waals surface area (Å²) >= 11 is 17.2. The van der Waals surface area contributed by atoms with E-state index in [4.69, 9.17) is 39.9 Å². The Hall–Kier alpha value is -3.15. The molecule has 0 unspecified atom stereocenters. The van der Waals surface area contributed by atoms with Gasteiger partial charge < -0.3 is 15.5 Å². The van der Waals surface area contributed by atoms with E-state index < -0.39 is 11.6 Å². The Bertz CT molecular complexity index is 1270. The lowest BCUT2D eigenvalue weighted by molar-refractivity contribution is 0.0451. The number of nitrogens with one attached hydrogen (secondary N) is 1. The van der Waals surface area contributed by atoms with Crippen LogP contribution in [0.2, 0.25) is 15.1 Å². The molecule has 4 rings (SSSR count). The summed E-state index contributed by atoms with van der Waals surface area (Å²) in [4.78, 5) is 30.1. The molecule has 1 saturated carbocycles.